The molecule has 1 aliphatic heterocycles. The highest BCUT2D eigenvalue weighted by Gasteiger charge is 2.25. The van der Waals surface area contributed by atoms with E-state index in [4.69, 9.17) is 18.9 Å². The summed E-state index contributed by atoms with van der Waals surface area (Å²) in [4.78, 5) is 18.4. The van der Waals surface area contributed by atoms with Crippen LogP contribution in [0.1, 0.15) is 15.3 Å². The van der Waals surface area contributed by atoms with Crippen LogP contribution in [0.15, 0.2) is 35.0 Å². The average Bonchev–Trinajstić information content (AvgIpc) is 3.20. The van der Waals surface area contributed by atoms with E-state index in [0.717, 1.165) is 9.75 Å². The summed E-state index contributed by atoms with van der Waals surface area (Å²) in [7, 11) is 4.63. The summed E-state index contributed by atoms with van der Waals surface area (Å²) in [6.45, 7) is 1.98. The monoisotopic (exact) mass is 359 g/mol. The van der Waals surface area contributed by atoms with E-state index < -0.39 is 5.97 Å². The minimum Gasteiger partial charge on any atom is -0.496 e. The van der Waals surface area contributed by atoms with Gasteiger partial charge >= 0.3 is 5.97 Å². The largest absolute Gasteiger partial charge is 0.496 e. The molecule has 0 unspecified atom stereocenters. The molecule has 0 radical (unpaired) electrons. The summed E-state index contributed by atoms with van der Waals surface area (Å²) in [5.74, 6) is 1.41. The van der Waals surface area contributed by atoms with Gasteiger partial charge in [-0.1, -0.05) is 0 Å². The molecule has 0 aliphatic carbocycles. The van der Waals surface area contributed by atoms with Crippen molar-refractivity contribution < 1.29 is 23.7 Å². The lowest BCUT2D eigenvalue weighted by atomic mass is 10.1. The molecule has 0 N–H and O–H groups in total. The number of benzene rings is 1. The van der Waals surface area contributed by atoms with Crippen LogP contribution < -0.4 is 14.2 Å². The number of hydrogen-bond acceptors (Lipinski definition) is 7. The fraction of sp³-hybridized carbons (Fsp3) is 0.222. The minimum absolute atomic E-state index is 0.201. The Morgan fingerprint density at radius 3 is 2.32 bits per heavy atom. The van der Waals surface area contributed by atoms with E-state index in [1.165, 1.54) is 11.3 Å². The molecule has 3 rings (SSSR count). The van der Waals surface area contributed by atoms with Crippen LogP contribution >= 0.6 is 11.3 Å². The zero-order chi connectivity index (χ0) is 18.0. The van der Waals surface area contributed by atoms with Gasteiger partial charge in [-0.15, -0.1) is 11.3 Å². The van der Waals surface area contributed by atoms with Crippen LogP contribution in [0.3, 0.4) is 0 Å². The highest BCUT2D eigenvalue weighted by Crippen LogP contribution is 2.36. The molecule has 25 heavy (non-hydrogen) atoms. The molecule has 0 atom stereocenters. The van der Waals surface area contributed by atoms with Crippen molar-refractivity contribution in [3.8, 4) is 17.2 Å². The number of thiophene rings is 1. The molecule has 130 valence electrons. The molecule has 6 nitrogen and oxygen atoms in total. The van der Waals surface area contributed by atoms with E-state index in [1.54, 1.807) is 39.5 Å². The zero-order valence-corrected chi connectivity index (χ0v) is 15.1. The van der Waals surface area contributed by atoms with E-state index in [9.17, 15) is 4.79 Å². The number of carbonyl (C=O) groups excluding carboxylic acids is 1. The van der Waals surface area contributed by atoms with Crippen molar-refractivity contribution in [1.82, 2.24) is 0 Å². The Kier molecular flexibility index (Phi) is 4.76. The van der Waals surface area contributed by atoms with Crippen LogP contribution in [0.5, 0.6) is 17.2 Å². The molecule has 1 aromatic heterocycles. The number of methoxy groups -OCH3 is 3. The second-order valence-corrected chi connectivity index (χ2v) is 6.48. The summed E-state index contributed by atoms with van der Waals surface area (Å²) in [5.41, 5.74) is 0.839. The van der Waals surface area contributed by atoms with Crippen molar-refractivity contribution in [2.45, 2.75) is 6.92 Å². The lowest BCUT2D eigenvalue weighted by Crippen LogP contribution is -2.03. The van der Waals surface area contributed by atoms with Gasteiger partial charge in [-0.2, -0.15) is 0 Å². The fourth-order valence-electron chi connectivity index (χ4n) is 2.38. The van der Waals surface area contributed by atoms with Crippen LogP contribution in [0.2, 0.25) is 0 Å². The van der Waals surface area contributed by atoms with Gasteiger partial charge in [0, 0.05) is 16.5 Å². The molecular formula is C18H17NO5S. The van der Waals surface area contributed by atoms with Crippen LogP contribution in [0.4, 0.5) is 0 Å². The van der Waals surface area contributed by atoms with Gasteiger partial charge in [0.2, 0.25) is 5.90 Å². The van der Waals surface area contributed by atoms with Crippen molar-refractivity contribution in [2.24, 2.45) is 4.99 Å². The number of hydrogen-bond donors (Lipinski definition) is 0. The predicted molar refractivity (Wildman–Crippen MR) is 95.8 cm³/mol. The number of esters is 1. The highest BCUT2D eigenvalue weighted by atomic mass is 32.1. The summed E-state index contributed by atoms with van der Waals surface area (Å²) in [5, 5.41) is 0. The molecule has 0 saturated heterocycles. The lowest BCUT2D eigenvalue weighted by molar-refractivity contribution is -0.129. The molecule has 2 aromatic rings. The molecule has 0 spiro atoms. The van der Waals surface area contributed by atoms with Crippen molar-refractivity contribution in [3.05, 3.63) is 45.3 Å². The average molecular weight is 359 g/mol. The predicted octanol–water partition coefficient (Wildman–Crippen LogP) is 3.43. The quantitative estimate of drug-likeness (QED) is 0.604. The third-order valence-corrected chi connectivity index (χ3v) is 4.59. The molecule has 7 heteroatoms. The van der Waals surface area contributed by atoms with Crippen LogP contribution in [0, 0.1) is 6.92 Å². The number of nitrogens with zero attached hydrogens (tertiary/aromatic N) is 1. The van der Waals surface area contributed by atoms with Gasteiger partial charge in [0.05, 0.1) is 26.2 Å². The molecule has 1 aliphatic rings. The van der Waals surface area contributed by atoms with E-state index in [0.29, 0.717) is 28.7 Å². The Morgan fingerprint density at radius 1 is 1.04 bits per heavy atom. The lowest BCUT2D eigenvalue weighted by Gasteiger charge is -2.12. The van der Waals surface area contributed by atoms with Crippen molar-refractivity contribution in [2.75, 3.05) is 21.3 Å². The molecular weight excluding hydrogens is 342 g/mol. The van der Waals surface area contributed by atoms with E-state index >= 15 is 0 Å². The van der Waals surface area contributed by atoms with Crippen molar-refractivity contribution in [1.29, 1.82) is 0 Å². The van der Waals surface area contributed by atoms with Gasteiger partial charge in [-0.3, -0.25) is 0 Å². The second kappa shape index (κ2) is 6.98. The molecule has 0 amide bonds. The van der Waals surface area contributed by atoms with Gasteiger partial charge in [0.15, 0.2) is 17.2 Å². The summed E-state index contributed by atoms with van der Waals surface area (Å²) in [6.07, 6.45) is 1.61. The Labute approximate surface area is 149 Å². The zero-order valence-electron chi connectivity index (χ0n) is 14.3. The maximum atomic E-state index is 12.1. The Hall–Kier alpha value is -2.80. The number of aryl methyl sites for hydroxylation is 1. The maximum absolute atomic E-state index is 12.1. The second-order valence-electron chi connectivity index (χ2n) is 5.20. The smallest absolute Gasteiger partial charge is 0.363 e. The number of cyclic esters (lactones) is 1. The first kappa shape index (κ1) is 17.0. The summed E-state index contributed by atoms with van der Waals surface area (Å²) in [6, 6.07) is 7.25. The first-order chi connectivity index (χ1) is 12.0. The molecule has 0 fully saturated rings. The number of carbonyl (C=O) groups is 1. The van der Waals surface area contributed by atoms with Crippen LogP contribution in [-0.4, -0.2) is 33.2 Å². The molecule has 0 saturated carbocycles. The maximum Gasteiger partial charge on any atom is 0.363 e. The third-order valence-electron chi connectivity index (χ3n) is 3.60. The SMILES string of the molecule is COc1cc(OC)c(OC)cc1/C=C1\N=C(c2ccc(C)s2)OC1=O. The Balaban J connectivity index is 2.02. The first-order valence-electron chi connectivity index (χ1n) is 7.45. The topological polar surface area (TPSA) is 66.3 Å². The fourth-order valence-corrected chi connectivity index (χ4v) is 3.17. The summed E-state index contributed by atoms with van der Waals surface area (Å²) >= 11 is 1.52. The van der Waals surface area contributed by atoms with E-state index in [-0.39, 0.29) is 5.70 Å². The van der Waals surface area contributed by atoms with Crippen LogP contribution in [-0.2, 0) is 9.53 Å². The molecule has 1 aromatic carbocycles. The number of ether oxygens (including phenoxy) is 4. The van der Waals surface area contributed by atoms with Crippen LogP contribution in [0.25, 0.3) is 6.08 Å². The van der Waals surface area contributed by atoms with E-state index in [2.05, 4.69) is 4.99 Å². The van der Waals surface area contributed by atoms with Crippen molar-refractivity contribution in [3.63, 3.8) is 0 Å². The Bertz CT molecular complexity index is 882. The highest BCUT2D eigenvalue weighted by molar-refractivity contribution is 7.14. The minimum atomic E-state index is -0.502. The first-order valence-corrected chi connectivity index (χ1v) is 8.26. The third kappa shape index (κ3) is 3.36. The van der Waals surface area contributed by atoms with Gasteiger partial charge in [-0.25, -0.2) is 9.79 Å². The van der Waals surface area contributed by atoms with Gasteiger partial charge in [0.1, 0.15) is 5.75 Å². The Morgan fingerprint density at radius 2 is 1.72 bits per heavy atom. The number of rotatable bonds is 5. The van der Waals surface area contributed by atoms with Gasteiger partial charge in [-0.05, 0) is 31.2 Å². The summed E-state index contributed by atoms with van der Waals surface area (Å²) < 4.78 is 21.2. The standard InChI is InChI=1S/C18H17NO5S/c1-10-5-6-16(25-10)17-19-12(18(20)24-17)7-11-8-14(22-3)15(23-4)9-13(11)21-2/h5-9H,1-4H3/b12-7-. The van der Waals surface area contributed by atoms with E-state index in [1.807, 2.05) is 19.1 Å². The number of aliphatic imine (C=N–C) groups is 1. The van der Waals surface area contributed by atoms with Gasteiger partial charge in [0.25, 0.3) is 0 Å². The normalized spacial score (nSPS) is 15.1. The molecule has 2 heterocycles. The van der Waals surface area contributed by atoms with Gasteiger partial charge < -0.3 is 18.9 Å². The molecule has 0 bridgehead atoms. The van der Waals surface area contributed by atoms with Crippen molar-refractivity contribution >= 4 is 29.3 Å².